The van der Waals surface area contributed by atoms with Gasteiger partial charge in [-0.25, -0.2) is 0 Å². The van der Waals surface area contributed by atoms with Crippen LogP contribution in [0.4, 0.5) is 0 Å². The third kappa shape index (κ3) is 4.86. The van der Waals surface area contributed by atoms with Crippen LogP contribution in [0.3, 0.4) is 0 Å². The highest BCUT2D eigenvalue weighted by Gasteiger charge is 2.00. The number of benzene rings is 1. The number of rotatable bonds is 7. The van der Waals surface area contributed by atoms with E-state index in [4.69, 9.17) is 4.74 Å². The fraction of sp³-hybridized carbons (Fsp3) is 0.350. The monoisotopic (exact) mass is 370 g/mol. The number of ether oxygens (including phenoxy) is 1. The highest BCUT2D eigenvalue weighted by molar-refractivity contribution is 7.17. The highest BCUT2D eigenvalue weighted by atomic mass is 32.1. The molecule has 0 unspecified atom stereocenters. The van der Waals surface area contributed by atoms with Crippen molar-refractivity contribution in [2.75, 3.05) is 26.2 Å². The molecule has 0 spiro atoms. The van der Waals surface area contributed by atoms with E-state index in [1.54, 1.807) is 11.3 Å². The van der Waals surface area contributed by atoms with Gasteiger partial charge in [0.25, 0.3) is 0 Å². The summed E-state index contributed by atoms with van der Waals surface area (Å²) < 4.78 is 7.00. The zero-order valence-corrected chi connectivity index (χ0v) is 16.2. The highest BCUT2D eigenvalue weighted by Crippen LogP contribution is 2.19. The lowest BCUT2D eigenvalue weighted by molar-refractivity contribution is 0.249. The van der Waals surface area contributed by atoms with Gasteiger partial charge in [0, 0.05) is 24.3 Å². The minimum Gasteiger partial charge on any atom is -0.493 e. The second kappa shape index (κ2) is 9.40. The van der Waals surface area contributed by atoms with Gasteiger partial charge in [-0.15, -0.1) is 11.3 Å². The zero-order chi connectivity index (χ0) is 18.2. The van der Waals surface area contributed by atoms with Crippen molar-refractivity contribution in [1.29, 1.82) is 0 Å². The van der Waals surface area contributed by atoms with Crippen molar-refractivity contribution in [3.8, 4) is 5.75 Å². The van der Waals surface area contributed by atoms with Crippen molar-refractivity contribution in [3.63, 3.8) is 0 Å². The molecule has 0 aliphatic carbocycles. The molecule has 0 bridgehead atoms. The Morgan fingerprint density at radius 1 is 1.12 bits per heavy atom. The lowest BCUT2D eigenvalue weighted by atomic mass is 10.2. The van der Waals surface area contributed by atoms with E-state index in [9.17, 15) is 0 Å². The van der Waals surface area contributed by atoms with Crippen molar-refractivity contribution >= 4 is 32.5 Å². The number of fused-ring (bicyclic) bond motifs is 2. The van der Waals surface area contributed by atoms with Gasteiger partial charge in [-0.05, 0) is 54.5 Å². The van der Waals surface area contributed by atoms with Crippen molar-refractivity contribution < 1.29 is 4.74 Å². The predicted molar refractivity (Wildman–Crippen MR) is 110 cm³/mol. The summed E-state index contributed by atoms with van der Waals surface area (Å²) in [6.07, 6.45) is 4.86. The standard InChI is InChI=1S/C15H22N2O.C5H4N2S/c1-3-17(4-2)10-5-11-18-14-7-6-13-8-9-16-15(13)12-14;1-2-8-5-3-6-7-4(1)5/h6-9,12,16H,3-5,10-11H2,1-2H3;1-3H,(H,6,7). The Bertz CT molecular complexity index is 855. The van der Waals surface area contributed by atoms with Crippen LogP contribution in [0.5, 0.6) is 5.75 Å². The Hall–Kier alpha value is -2.31. The van der Waals surface area contributed by atoms with E-state index in [2.05, 4.69) is 52.1 Å². The van der Waals surface area contributed by atoms with Crippen LogP contribution < -0.4 is 4.74 Å². The van der Waals surface area contributed by atoms with E-state index < -0.39 is 0 Å². The van der Waals surface area contributed by atoms with Gasteiger partial charge >= 0.3 is 0 Å². The molecule has 0 aliphatic heterocycles. The van der Waals surface area contributed by atoms with Crippen LogP contribution in [0.15, 0.2) is 48.1 Å². The first-order valence-electron chi connectivity index (χ1n) is 9.09. The van der Waals surface area contributed by atoms with E-state index >= 15 is 0 Å². The molecule has 0 radical (unpaired) electrons. The maximum absolute atomic E-state index is 5.78. The van der Waals surface area contributed by atoms with Crippen LogP contribution in [-0.4, -0.2) is 46.3 Å². The molecule has 1 aromatic carbocycles. The Kier molecular flexibility index (Phi) is 6.68. The molecule has 4 rings (SSSR count). The molecule has 3 aromatic heterocycles. The smallest absolute Gasteiger partial charge is 0.121 e. The summed E-state index contributed by atoms with van der Waals surface area (Å²) in [7, 11) is 0. The minimum absolute atomic E-state index is 0.780. The number of H-pyrrole nitrogens is 2. The first-order chi connectivity index (χ1) is 12.8. The number of nitrogens with zero attached hydrogens (tertiary/aromatic N) is 2. The topological polar surface area (TPSA) is 56.9 Å². The molecule has 0 amide bonds. The lowest BCUT2D eigenvalue weighted by Crippen LogP contribution is -2.25. The van der Waals surface area contributed by atoms with E-state index in [1.807, 2.05) is 29.9 Å². The molecule has 4 aromatic rings. The molecule has 0 saturated heterocycles. The largest absolute Gasteiger partial charge is 0.493 e. The number of hydrogen-bond donors (Lipinski definition) is 2. The number of aromatic amines is 2. The van der Waals surface area contributed by atoms with E-state index in [1.165, 1.54) is 10.1 Å². The molecule has 26 heavy (non-hydrogen) atoms. The maximum Gasteiger partial charge on any atom is 0.121 e. The van der Waals surface area contributed by atoms with Gasteiger partial charge < -0.3 is 14.6 Å². The molecule has 0 fully saturated rings. The zero-order valence-electron chi connectivity index (χ0n) is 15.4. The summed E-state index contributed by atoms with van der Waals surface area (Å²) in [5, 5.41) is 9.98. The number of hydrogen-bond acceptors (Lipinski definition) is 4. The van der Waals surface area contributed by atoms with Crippen molar-refractivity contribution in [1.82, 2.24) is 20.1 Å². The molecular weight excluding hydrogens is 344 g/mol. The number of aromatic nitrogens is 3. The average Bonchev–Trinajstić information content (AvgIpc) is 3.39. The molecule has 5 nitrogen and oxygen atoms in total. The van der Waals surface area contributed by atoms with Gasteiger partial charge in [0.05, 0.1) is 23.0 Å². The molecule has 0 atom stereocenters. The van der Waals surface area contributed by atoms with Gasteiger partial charge in [-0.2, -0.15) is 5.10 Å². The lowest BCUT2D eigenvalue weighted by Gasteiger charge is -2.17. The fourth-order valence-corrected chi connectivity index (χ4v) is 3.51. The van der Waals surface area contributed by atoms with Crippen LogP contribution in [0.1, 0.15) is 20.3 Å². The van der Waals surface area contributed by atoms with Gasteiger partial charge in [-0.3, -0.25) is 5.10 Å². The summed E-state index contributed by atoms with van der Waals surface area (Å²) in [6.45, 7) is 8.52. The number of nitrogens with one attached hydrogen (secondary N) is 2. The SMILES string of the molecule is CCN(CC)CCCOc1ccc2cc[nH]c2c1.c1cc2[nH]ncc2s1. The quantitative estimate of drug-likeness (QED) is 0.455. The summed E-state index contributed by atoms with van der Waals surface area (Å²) in [6, 6.07) is 10.3. The third-order valence-corrected chi connectivity index (χ3v) is 5.22. The van der Waals surface area contributed by atoms with Gasteiger partial charge in [0.15, 0.2) is 0 Å². The Morgan fingerprint density at radius 2 is 2.00 bits per heavy atom. The average molecular weight is 371 g/mol. The number of thiophene rings is 1. The second-order valence-electron chi connectivity index (χ2n) is 6.02. The Labute approximate surface area is 158 Å². The van der Waals surface area contributed by atoms with Gasteiger partial charge in [-0.1, -0.05) is 13.8 Å². The van der Waals surface area contributed by atoms with Crippen LogP contribution in [0.2, 0.25) is 0 Å². The first-order valence-corrected chi connectivity index (χ1v) is 9.97. The summed E-state index contributed by atoms with van der Waals surface area (Å²) in [4.78, 5) is 5.61. The summed E-state index contributed by atoms with van der Waals surface area (Å²) >= 11 is 1.70. The molecule has 0 saturated carbocycles. The molecule has 3 heterocycles. The summed E-state index contributed by atoms with van der Waals surface area (Å²) in [5.74, 6) is 0.949. The van der Waals surface area contributed by atoms with Crippen molar-refractivity contribution in [2.24, 2.45) is 0 Å². The van der Waals surface area contributed by atoms with E-state index in [0.717, 1.165) is 49.4 Å². The molecule has 6 heteroatoms. The maximum atomic E-state index is 5.78. The van der Waals surface area contributed by atoms with Gasteiger partial charge in [0.2, 0.25) is 0 Å². The fourth-order valence-electron chi connectivity index (χ4n) is 2.81. The van der Waals surface area contributed by atoms with Crippen LogP contribution in [0, 0.1) is 0 Å². The second-order valence-corrected chi connectivity index (χ2v) is 6.97. The predicted octanol–water partition coefficient (Wildman–Crippen LogP) is 4.90. The third-order valence-electron chi connectivity index (χ3n) is 4.37. The van der Waals surface area contributed by atoms with Crippen LogP contribution >= 0.6 is 11.3 Å². The van der Waals surface area contributed by atoms with Crippen LogP contribution in [0.25, 0.3) is 21.1 Å². The molecule has 0 aliphatic rings. The first kappa shape index (κ1) is 18.5. The normalized spacial score (nSPS) is 11.0. The van der Waals surface area contributed by atoms with E-state index in [-0.39, 0.29) is 0 Å². The van der Waals surface area contributed by atoms with Crippen LogP contribution in [-0.2, 0) is 0 Å². The van der Waals surface area contributed by atoms with Crippen molar-refractivity contribution in [3.05, 3.63) is 48.1 Å². The minimum atomic E-state index is 0.780. The molecule has 138 valence electrons. The summed E-state index contributed by atoms with van der Waals surface area (Å²) in [5.41, 5.74) is 2.27. The van der Waals surface area contributed by atoms with Gasteiger partial charge in [0.1, 0.15) is 5.75 Å². The van der Waals surface area contributed by atoms with E-state index in [0.29, 0.717) is 0 Å². The Morgan fingerprint density at radius 3 is 2.81 bits per heavy atom. The molecular formula is C20H26N4OS. The molecule has 2 N–H and O–H groups in total. The Balaban J connectivity index is 0.000000201. The van der Waals surface area contributed by atoms with Crippen molar-refractivity contribution in [2.45, 2.75) is 20.3 Å².